The summed E-state index contributed by atoms with van der Waals surface area (Å²) >= 11 is 0. The van der Waals surface area contributed by atoms with Crippen molar-refractivity contribution in [1.82, 2.24) is 0 Å². The molecule has 1 amide bonds. The van der Waals surface area contributed by atoms with Crippen molar-refractivity contribution < 1.29 is 19.0 Å². The Morgan fingerprint density at radius 1 is 1.62 bits per heavy atom. The molecule has 1 aromatic carbocycles. The fourth-order valence-corrected chi connectivity index (χ4v) is 0.970. The number of halogens is 1. The van der Waals surface area contributed by atoms with E-state index >= 15 is 0 Å². The Labute approximate surface area is 91.1 Å². The first kappa shape index (κ1) is 11.9. The number of amides is 1. The average molecular weight is 224 g/mol. The Bertz CT molecular complexity index is 429. The molecule has 5 nitrogen and oxygen atoms in total. The molecule has 1 aromatic rings. The van der Waals surface area contributed by atoms with Crippen LogP contribution in [0.25, 0.3) is 0 Å². The minimum Gasteiger partial charge on any atom is -0.447 e. The quantitative estimate of drug-likeness (QED) is 0.809. The number of nitriles is 1. The molecule has 16 heavy (non-hydrogen) atoms. The summed E-state index contributed by atoms with van der Waals surface area (Å²) in [7, 11) is 0. The minimum atomic E-state index is -0.863. The van der Waals surface area contributed by atoms with Gasteiger partial charge in [-0.25, -0.2) is 9.18 Å². The van der Waals surface area contributed by atoms with Crippen LogP contribution in [0.3, 0.4) is 0 Å². The topological polar surface area (TPSA) is 82.4 Å². The van der Waals surface area contributed by atoms with Crippen LogP contribution in [0, 0.1) is 17.1 Å². The molecule has 84 valence electrons. The summed E-state index contributed by atoms with van der Waals surface area (Å²) in [5.74, 6) is -0.722. The number of ether oxygens (including phenoxy) is 1. The number of benzene rings is 1. The second kappa shape index (κ2) is 5.68. The standard InChI is InChI=1S/C10H9FN2O3/c11-8-5-7(6-12)1-2-9(8)13-10(15)16-4-3-14/h1-2,5,14H,3-4H2,(H,13,15). The van der Waals surface area contributed by atoms with E-state index in [0.717, 1.165) is 6.07 Å². The second-order valence-corrected chi connectivity index (χ2v) is 2.79. The number of anilines is 1. The van der Waals surface area contributed by atoms with Gasteiger partial charge in [-0.15, -0.1) is 0 Å². The van der Waals surface area contributed by atoms with Gasteiger partial charge < -0.3 is 9.84 Å². The van der Waals surface area contributed by atoms with Crippen LogP contribution < -0.4 is 5.32 Å². The molecule has 1 rings (SSSR count). The lowest BCUT2D eigenvalue weighted by atomic mass is 10.2. The van der Waals surface area contributed by atoms with E-state index in [1.165, 1.54) is 12.1 Å². The highest BCUT2D eigenvalue weighted by Gasteiger charge is 2.08. The Hall–Kier alpha value is -2.13. The molecule has 0 radical (unpaired) electrons. The van der Waals surface area contributed by atoms with Crippen molar-refractivity contribution in [2.24, 2.45) is 0 Å². The van der Waals surface area contributed by atoms with E-state index in [1.54, 1.807) is 6.07 Å². The molecule has 0 aromatic heterocycles. The third kappa shape index (κ3) is 3.22. The lowest BCUT2D eigenvalue weighted by molar-refractivity contribution is 0.131. The summed E-state index contributed by atoms with van der Waals surface area (Å²) < 4.78 is 17.7. The van der Waals surface area contributed by atoms with Crippen LogP contribution in [0.5, 0.6) is 0 Å². The summed E-state index contributed by atoms with van der Waals surface area (Å²) in [6.07, 6.45) is -0.863. The van der Waals surface area contributed by atoms with Crippen LogP contribution in [-0.4, -0.2) is 24.4 Å². The van der Waals surface area contributed by atoms with Crippen LogP contribution >= 0.6 is 0 Å². The molecule has 0 bridgehead atoms. The van der Waals surface area contributed by atoms with E-state index in [9.17, 15) is 9.18 Å². The highest BCUT2D eigenvalue weighted by molar-refractivity contribution is 5.84. The van der Waals surface area contributed by atoms with E-state index in [1.807, 2.05) is 0 Å². The molecular formula is C10H9FN2O3. The zero-order valence-electron chi connectivity index (χ0n) is 8.24. The van der Waals surface area contributed by atoms with E-state index < -0.39 is 11.9 Å². The Morgan fingerprint density at radius 3 is 2.94 bits per heavy atom. The van der Waals surface area contributed by atoms with Gasteiger partial charge in [0.2, 0.25) is 0 Å². The maximum atomic E-state index is 13.2. The lowest BCUT2D eigenvalue weighted by Crippen LogP contribution is -2.16. The van der Waals surface area contributed by atoms with E-state index in [0.29, 0.717) is 0 Å². The molecule has 0 aliphatic heterocycles. The van der Waals surface area contributed by atoms with Gasteiger partial charge in [-0.3, -0.25) is 5.32 Å². The van der Waals surface area contributed by atoms with E-state index in [4.69, 9.17) is 10.4 Å². The number of carbonyl (C=O) groups is 1. The monoisotopic (exact) mass is 224 g/mol. The normalized spacial score (nSPS) is 9.31. The van der Waals surface area contributed by atoms with Gasteiger partial charge in [0.05, 0.1) is 23.9 Å². The molecule has 0 unspecified atom stereocenters. The van der Waals surface area contributed by atoms with Crippen molar-refractivity contribution in [3.63, 3.8) is 0 Å². The molecule has 0 aliphatic carbocycles. The maximum absolute atomic E-state index is 13.2. The molecule has 0 saturated carbocycles. The zero-order valence-corrected chi connectivity index (χ0v) is 8.24. The predicted octanol–water partition coefficient (Wildman–Crippen LogP) is 1.24. The van der Waals surface area contributed by atoms with Crippen LogP contribution in [0.15, 0.2) is 18.2 Å². The first-order valence-electron chi connectivity index (χ1n) is 4.41. The Morgan fingerprint density at radius 2 is 2.38 bits per heavy atom. The largest absolute Gasteiger partial charge is 0.447 e. The molecule has 0 saturated heterocycles. The number of carbonyl (C=O) groups excluding carboxylic acids is 1. The molecule has 0 heterocycles. The van der Waals surface area contributed by atoms with Crippen molar-refractivity contribution in [1.29, 1.82) is 5.26 Å². The van der Waals surface area contributed by atoms with Crippen molar-refractivity contribution in [2.75, 3.05) is 18.5 Å². The molecule has 0 fully saturated rings. The highest BCUT2D eigenvalue weighted by Crippen LogP contribution is 2.15. The van der Waals surface area contributed by atoms with Crippen molar-refractivity contribution in [2.45, 2.75) is 0 Å². The van der Waals surface area contributed by atoms with Gasteiger partial charge in [-0.2, -0.15) is 5.26 Å². The van der Waals surface area contributed by atoms with Gasteiger partial charge in [0.25, 0.3) is 0 Å². The summed E-state index contributed by atoms with van der Waals surface area (Å²) in [4.78, 5) is 11.0. The fourth-order valence-electron chi connectivity index (χ4n) is 0.970. The van der Waals surface area contributed by atoms with Crippen LogP contribution in [-0.2, 0) is 4.74 Å². The van der Waals surface area contributed by atoms with Gasteiger partial charge in [-0.05, 0) is 18.2 Å². The lowest BCUT2D eigenvalue weighted by Gasteiger charge is -2.06. The molecule has 0 atom stereocenters. The van der Waals surface area contributed by atoms with Gasteiger partial charge in [0.1, 0.15) is 12.4 Å². The number of rotatable bonds is 3. The summed E-state index contributed by atoms with van der Waals surface area (Å²) in [6, 6.07) is 5.39. The van der Waals surface area contributed by atoms with Crippen LogP contribution in [0.4, 0.5) is 14.9 Å². The Balaban J connectivity index is 2.68. The number of nitrogens with one attached hydrogen (secondary N) is 1. The Kier molecular flexibility index (Phi) is 4.24. The molecule has 0 aliphatic rings. The fraction of sp³-hybridized carbons (Fsp3) is 0.200. The van der Waals surface area contributed by atoms with Crippen LogP contribution in [0.2, 0.25) is 0 Å². The predicted molar refractivity (Wildman–Crippen MR) is 53.2 cm³/mol. The van der Waals surface area contributed by atoms with Crippen LogP contribution in [0.1, 0.15) is 5.56 Å². The molecular weight excluding hydrogens is 215 g/mol. The molecule has 2 N–H and O–H groups in total. The third-order valence-electron chi connectivity index (χ3n) is 1.66. The second-order valence-electron chi connectivity index (χ2n) is 2.79. The van der Waals surface area contributed by atoms with Gasteiger partial charge in [0, 0.05) is 0 Å². The van der Waals surface area contributed by atoms with E-state index in [-0.39, 0.29) is 24.5 Å². The van der Waals surface area contributed by atoms with Crippen molar-refractivity contribution in [3.05, 3.63) is 29.6 Å². The first-order chi connectivity index (χ1) is 7.67. The number of nitrogens with zero attached hydrogens (tertiary/aromatic N) is 1. The third-order valence-corrected chi connectivity index (χ3v) is 1.66. The van der Waals surface area contributed by atoms with Gasteiger partial charge in [0.15, 0.2) is 0 Å². The van der Waals surface area contributed by atoms with Crippen molar-refractivity contribution >= 4 is 11.8 Å². The van der Waals surface area contributed by atoms with Gasteiger partial charge in [-0.1, -0.05) is 0 Å². The summed E-state index contributed by atoms with van der Waals surface area (Å²) in [6.45, 7) is -0.465. The minimum absolute atomic E-state index is 0.0815. The highest BCUT2D eigenvalue weighted by atomic mass is 19.1. The maximum Gasteiger partial charge on any atom is 0.411 e. The van der Waals surface area contributed by atoms with Crippen molar-refractivity contribution in [3.8, 4) is 6.07 Å². The SMILES string of the molecule is N#Cc1ccc(NC(=O)OCCO)c(F)c1. The zero-order chi connectivity index (χ0) is 12.0. The van der Waals surface area contributed by atoms with E-state index in [2.05, 4.69) is 10.1 Å². The number of aliphatic hydroxyl groups excluding tert-OH is 1. The number of aliphatic hydroxyl groups is 1. The summed E-state index contributed by atoms with van der Waals surface area (Å²) in [5, 5.41) is 19.0. The number of hydrogen-bond acceptors (Lipinski definition) is 4. The molecule has 6 heteroatoms. The molecule has 0 spiro atoms. The first-order valence-corrected chi connectivity index (χ1v) is 4.41. The number of hydrogen-bond donors (Lipinski definition) is 2. The summed E-state index contributed by atoms with van der Waals surface area (Å²) in [5.41, 5.74) is 0.0775. The van der Waals surface area contributed by atoms with Gasteiger partial charge >= 0.3 is 6.09 Å². The smallest absolute Gasteiger partial charge is 0.411 e. The average Bonchev–Trinajstić information content (AvgIpc) is 2.29.